The van der Waals surface area contributed by atoms with Crippen LogP contribution in [-0.2, 0) is 20.6 Å². The van der Waals surface area contributed by atoms with Crippen LogP contribution in [0.4, 0.5) is 10.1 Å². The molecular weight excluding hydrogens is 463 g/mol. The van der Waals surface area contributed by atoms with E-state index in [4.69, 9.17) is 16.3 Å². The maximum absolute atomic E-state index is 13.7. The average Bonchev–Trinajstić information content (AvgIpc) is 2.72. The number of halogens is 2. The lowest BCUT2D eigenvalue weighted by Crippen LogP contribution is -2.32. The number of thioether (sulfide) groups is 1. The summed E-state index contributed by atoms with van der Waals surface area (Å²) in [5, 5.41) is 3.18. The second-order valence-corrected chi connectivity index (χ2v) is 10.1. The molecule has 10 heteroatoms. The number of nitrogens with zero attached hydrogens (tertiary/aromatic N) is 1. The molecule has 0 aliphatic heterocycles. The number of benzene rings is 2. The molecule has 0 aromatic heterocycles. The van der Waals surface area contributed by atoms with Gasteiger partial charge in [0.15, 0.2) is 0 Å². The zero-order valence-electron chi connectivity index (χ0n) is 17.4. The van der Waals surface area contributed by atoms with Crippen LogP contribution in [0.5, 0.6) is 5.75 Å². The number of anilines is 1. The van der Waals surface area contributed by atoms with E-state index in [0.29, 0.717) is 46.5 Å². The van der Waals surface area contributed by atoms with Crippen molar-refractivity contribution in [3.05, 3.63) is 58.9 Å². The first-order valence-corrected chi connectivity index (χ1v) is 13.0. The summed E-state index contributed by atoms with van der Waals surface area (Å²) >= 11 is 7.46. The van der Waals surface area contributed by atoms with Gasteiger partial charge in [0.1, 0.15) is 11.6 Å². The maximum atomic E-state index is 13.7. The minimum absolute atomic E-state index is 0.160. The lowest BCUT2D eigenvalue weighted by molar-refractivity contribution is -0.121. The van der Waals surface area contributed by atoms with Gasteiger partial charge in [0, 0.05) is 41.6 Å². The van der Waals surface area contributed by atoms with Crippen LogP contribution in [0.2, 0.25) is 5.02 Å². The van der Waals surface area contributed by atoms with Gasteiger partial charge in [-0.2, -0.15) is 11.8 Å². The number of carbonyl (C=O) groups is 1. The molecule has 170 valence electrons. The SMILES string of the molecule is COc1ccccc1N(CCCC(=O)NCCSCc1c(F)cccc1Cl)S(C)(=O)=O. The van der Waals surface area contributed by atoms with Gasteiger partial charge in [-0.25, -0.2) is 12.8 Å². The van der Waals surface area contributed by atoms with E-state index in [1.807, 2.05) is 0 Å². The lowest BCUT2D eigenvalue weighted by atomic mass is 10.2. The van der Waals surface area contributed by atoms with Gasteiger partial charge in [-0.1, -0.05) is 29.8 Å². The molecule has 0 heterocycles. The van der Waals surface area contributed by atoms with E-state index in [0.717, 1.165) is 6.26 Å². The highest BCUT2D eigenvalue weighted by Crippen LogP contribution is 2.29. The number of ether oxygens (including phenoxy) is 1. The van der Waals surface area contributed by atoms with Crippen LogP contribution < -0.4 is 14.4 Å². The first-order chi connectivity index (χ1) is 14.7. The summed E-state index contributed by atoms with van der Waals surface area (Å²) in [6.45, 7) is 0.588. The van der Waals surface area contributed by atoms with Crippen molar-refractivity contribution in [3.63, 3.8) is 0 Å². The number of nitrogens with one attached hydrogen (secondary N) is 1. The molecule has 0 unspecified atom stereocenters. The molecule has 31 heavy (non-hydrogen) atoms. The Morgan fingerprint density at radius 1 is 1.23 bits per heavy atom. The van der Waals surface area contributed by atoms with Crippen molar-refractivity contribution in [1.82, 2.24) is 5.32 Å². The van der Waals surface area contributed by atoms with E-state index in [9.17, 15) is 17.6 Å². The minimum atomic E-state index is -3.53. The van der Waals surface area contributed by atoms with E-state index in [2.05, 4.69) is 5.32 Å². The maximum Gasteiger partial charge on any atom is 0.232 e. The Hall–Kier alpha value is -1.97. The highest BCUT2D eigenvalue weighted by atomic mass is 35.5. The van der Waals surface area contributed by atoms with Crippen LogP contribution in [0.25, 0.3) is 0 Å². The van der Waals surface area contributed by atoms with E-state index < -0.39 is 10.0 Å². The highest BCUT2D eigenvalue weighted by molar-refractivity contribution is 7.98. The van der Waals surface area contributed by atoms with E-state index in [1.54, 1.807) is 36.4 Å². The fourth-order valence-corrected chi connectivity index (χ4v) is 5.05. The molecule has 0 bridgehead atoms. The highest BCUT2D eigenvalue weighted by Gasteiger charge is 2.20. The molecule has 0 aliphatic rings. The monoisotopic (exact) mass is 488 g/mol. The van der Waals surface area contributed by atoms with E-state index in [1.165, 1.54) is 29.2 Å². The molecular formula is C21H26ClFN2O4S2. The molecule has 0 radical (unpaired) electrons. The van der Waals surface area contributed by atoms with Crippen LogP contribution in [0.15, 0.2) is 42.5 Å². The summed E-state index contributed by atoms with van der Waals surface area (Å²) in [6.07, 6.45) is 1.67. The van der Waals surface area contributed by atoms with Gasteiger partial charge in [0.2, 0.25) is 15.9 Å². The zero-order chi connectivity index (χ0) is 22.9. The quantitative estimate of drug-likeness (QED) is 0.455. The van der Waals surface area contributed by atoms with Crippen LogP contribution in [0.1, 0.15) is 18.4 Å². The standard InChI is InChI=1S/C21H26ClFN2O4S2/c1-29-20-10-4-3-9-19(20)25(31(2,27)28)13-6-11-21(26)24-12-14-30-15-16-17(22)7-5-8-18(16)23/h3-5,7-10H,6,11-15H2,1-2H3,(H,24,26). The Morgan fingerprint density at radius 2 is 1.97 bits per heavy atom. The Kier molecular flexibility index (Phi) is 9.93. The number of methoxy groups -OCH3 is 1. The van der Waals surface area contributed by atoms with E-state index >= 15 is 0 Å². The van der Waals surface area contributed by atoms with Crippen molar-refractivity contribution >= 4 is 45.0 Å². The zero-order valence-corrected chi connectivity index (χ0v) is 19.8. The van der Waals surface area contributed by atoms with Crippen molar-refractivity contribution < 1.29 is 22.3 Å². The molecule has 2 aromatic carbocycles. The number of rotatable bonds is 12. The predicted molar refractivity (Wildman–Crippen MR) is 125 cm³/mol. The molecule has 1 N–H and O–H groups in total. The molecule has 0 saturated carbocycles. The summed E-state index contributed by atoms with van der Waals surface area (Å²) in [7, 11) is -2.05. The van der Waals surface area contributed by atoms with Gasteiger partial charge in [-0.15, -0.1) is 0 Å². The van der Waals surface area contributed by atoms with Gasteiger partial charge in [0.25, 0.3) is 0 Å². The van der Waals surface area contributed by atoms with Crippen LogP contribution in [0, 0.1) is 5.82 Å². The third-order valence-corrected chi connectivity index (χ3v) is 6.92. The van der Waals surface area contributed by atoms with Crippen LogP contribution >= 0.6 is 23.4 Å². The number of hydrogen-bond donors (Lipinski definition) is 1. The molecule has 2 rings (SSSR count). The molecule has 0 saturated heterocycles. The smallest absolute Gasteiger partial charge is 0.232 e. The van der Waals surface area contributed by atoms with Crippen molar-refractivity contribution in [3.8, 4) is 5.75 Å². The van der Waals surface area contributed by atoms with E-state index in [-0.39, 0.29) is 24.7 Å². The Bertz CT molecular complexity index is 969. The van der Waals surface area contributed by atoms with Crippen LogP contribution in [0.3, 0.4) is 0 Å². The number of para-hydroxylation sites is 2. The summed E-state index contributed by atoms with van der Waals surface area (Å²) in [4.78, 5) is 12.1. The van der Waals surface area contributed by atoms with Crippen molar-refractivity contribution in [1.29, 1.82) is 0 Å². The molecule has 0 aliphatic carbocycles. The van der Waals surface area contributed by atoms with Crippen LogP contribution in [-0.4, -0.2) is 46.5 Å². The fraction of sp³-hybridized carbons (Fsp3) is 0.381. The molecule has 2 aromatic rings. The number of sulfonamides is 1. The minimum Gasteiger partial charge on any atom is -0.495 e. The van der Waals surface area contributed by atoms with Gasteiger partial charge >= 0.3 is 0 Å². The molecule has 0 atom stereocenters. The van der Waals surface area contributed by atoms with Gasteiger partial charge in [0.05, 0.1) is 19.1 Å². The molecule has 6 nitrogen and oxygen atoms in total. The number of hydrogen-bond acceptors (Lipinski definition) is 5. The summed E-state index contributed by atoms with van der Waals surface area (Å²) < 4.78 is 44.7. The second kappa shape index (κ2) is 12.2. The molecule has 0 fully saturated rings. The number of carbonyl (C=O) groups excluding carboxylic acids is 1. The Morgan fingerprint density at radius 3 is 2.65 bits per heavy atom. The van der Waals surface area contributed by atoms with Crippen molar-refractivity contribution in [2.24, 2.45) is 0 Å². The summed E-state index contributed by atoms with van der Waals surface area (Å²) in [5.74, 6) is 0.966. The topological polar surface area (TPSA) is 75.7 Å². The largest absolute Gasteiger partial charge is 0.495 e. The number of amides is 1. The fourth-order valence-electron chi connectivity index (χ4n) is 2.88. The molecule has 1 amide bonds. The normalized spacial score (nSPS) is 11.2. The first kappa shape index (κ1) is 25.3. The third-order valence-electron chi connectivity index (χ3n) is 4.40. The summed E-state index contributed by atoms with van der Waals surface area (Å²) in [6, 6.07) is 11.4. The Labute approximate surface area is 192 Å². The predicted octanol–water partition coefficient (Wildman–Crippen LogP) is 4.08. The van der Waals surface area contributed by atoms with Crippen molar-refractivity contribution in [2.45, 2.75) is 18.6 Å². The van der Waals surface area contributed by atoms with Crippen molar-refractivity contribution in [2.75, 3.05) is 36.5 Å². The molecule has 0 spiro atoms. The average molecular weight is 489 g/mol. The first-order valence-electron chi connectivity index (χ1n) is 9.62. The van der Waals surface area contributed by atoms with Gasteiger partial charge in [-0.05, 0) is 30.7 Å². The van der Waals surface area contributed by atoms with Gasteiger partial charge in [-0.3, -0.25) is 9.10 Å². The summed E-state index contributed by atoms with van der Waals surface area (Å²) in [5.41, 5.74) is 0.897. The Balaban J connectivity index is 1.76. The second-order valence-electron chi connectivity index (χ2n) is 6.71. The lowest BCUT2D eigenvalue weighted by Gasteiger charge is -2.24. The van der Waals surface area contributed by atoms with Gasteiger partial charge < -0.3 is 10.1 Å². The third kappa shape index (κ3) is 7.90.